The zero-order chi connectivity index (χ0) is 20.2. The molecule has 7 heteroatoms. The van der Waals surface area contributed by atoms with Crippen molar-refractivity contribution < 1.29 is 4.42 Å². The molecule has 2 fully saturated rings. The quantitative estimate of drug-likeness (QED) is 0.504. The summed E-state index contributed by atoms with van der Waals surface area (Å²) < 4.78 is 15.0. The third-order valence-corrected chi connectivity index (χ3v) is 8.25. The highest BCUT2D eigenvalue weighted by Gasteiger charge is 2.24. The van der Waals surface area contributed by atoms with Gasteiger partial charge in [-0.1, -0.05) is 12.1 Å². The van der Waals surface area contributed by atoms with Crippen molar-refractivity contribution in [2.24, 2.45) is 5.92 Å². The molecule has 3 heterocycles. The van der Waals surface area contributed by atoms with Gasteiger partial charge in [0.2, 0.25) is 0 Å². The molecule has 3 aromatic rings. The molecule has 0 amide bonds. The van der Waals surface area contributed by atoms with Crippen LogP contribution in [0.4, 0.5) is 5.82 Å². The van der Waals surface area contributed by atoms with Crippen LogP contribution >= 0.6 is 23.5 Å². The number of benzene rings is 1. The van der Waals surface area contributed by atoms with Crippen LogP contribution in [-0.4, -0.2) is 48.0 Å². The first-order valence-corrected chi connectivity index (χ1v) is 12.7. The molecule has 5 nitrogen and oxygen atoms in total. The molecule has 0 radical (unpaired) electrons. The van der Waals surface area contributed by atoms with E-state index in [-0.39, 0.29) is 0 Å². The predicted octanol–water partition coefficient (Wildman–Crippen LogP) is 5.26. The van der Waals surface area contributed by atoms with Gasteiger partial charge in [-0.15, -0.1) is 0 Å². The van der Waals surface area contributed by atoms with Crippen molar-refractivity contribution in [3.05, 3.63) is 42.7 Å². The average molecular weight is 443 g/mol. The zero-order valence-corrected chi connectivity index (χ0v) is 19.0. The lowest BCUT2D eigenvalue weighted by molar-refractivity contribution is 0.215. The summed E-state index contributed by atoms with van der Waals surface area (Å²) in [5.41, 5.74) is 0. The largest absolute Gasteiger partial charge is 0.457 e. The van der Waals surface area contributed by atoms with E-state index in [4.69, 9.17) is 8.79 Å². The van der Waals surface area contributed by atoms with E-state index < -0.39 is 0 Å². The van der Waals surface area contributed by atoms with E-state index in [1.807, 2.05) is 12.1 Å². The summed E-state index contributed by atoms with van der Waals surface area (Å²) in [6.45, 7) is 5.74. The first-order valence-electron chi connectivity index (χ1n) is 11.1. The van der Waals surface area contributed by atoms with Gasteiger partial charge < -0.3 is 9.32 Å². The summed E-state index contributed by atoms with van der Waals surface area (Å²) in [7, 11) is 0. The van der Waals surface area contributed by atoms with Gasteiger partial charge in [-0.25, -0.2) is 0 Å². The van der Waals surface area contributed by atoms with Crippen molar-refractivity contribution in [3.63, 3.8) is 0 Å². The molecule has 0 atom stereocenters. The highest BCUT2D eigenvalue weighted by molar-refractivity contribution is 7.97. The Hall–Kier alpha value is -1.54. The van der Waals surface area contributed by atoms with Crippen LogP contribution < -0.4 is 9.62 Å². The lowest BCUT2D eigenvalue weighted by Gasteiger charge is -2.36. The van der Waals surface area contributed by atoms with Gasteiger partial charge in [0.15, 0.2) is 5.09 Å². The lowest BCUT2D eigenvalue weighted by atomic mass is 9.84. The zero-order valence-electron chi connectivity index (χ0n) is 17.3. The summed E-state index contributed by atoms with van der Waals surface area (Å²) in [5, 5.41) is 2.27. The minimum absolute atomic E-state index is 0.618. The summed E-state index contributed by atoms with van der Waals surface area (Å²) in [4.78, 5) is 5.13. The molecule has 1 aromatic carbocycles. The van der Waals surface area contributed by atoms with Crippen molar-refractivity contribution in [2.75, 3.05) is 37.6 Å². The average Bonchev–Trinajstić information content (AvgIpc) is 3.47. The van der Waals surface area contributed by atoms with E-state index in [2.05, 4.69) is 38.8 Å². The van der Waals surface area contributed by atoms with Crippen LogP contribution in [0.1, 0.15) is 32.1 Å². The predicted molar refractivity (Wildman–Crippen MR) is 126 cm³/mol. The van der Waals surface area contributed by atoms with Gasteiger partial charge in [-0.05, 0) is 92.3 Å². The third kappa shape index (κ3) is 4.85. The molecular formula is C23H30N4OS2. The van der Waals surface area contributed by atoms with Gasteiger partial charge in [0.25, 0.3) is 0 Å². The topological polar surface area (TPSA) is 44.5 Å². The molecule has 0 unspecified atom stereocenters. The van der Waals surface area contributed by atoms with Gasteiger partial charge in [0, 0.05) is 37.6 Å². The van der Waals surface area contributed by atoms with E-state index in [1.54, 1.807) is 29.7 Å². The maximum atomic E-state index is 5.39. The molecule has 2 aliphatic rings. The van der Waals surface area contributed by atoms with Crippen molar-refractivity contribution >= 4 is 39.4 Å². The maximum Gasteiger partial charge on any atom is 0.174 e. The van der Waals surface area contributed by atoms with Gasteiger partial charge in [-0.3, -0.25) is 9.62 Å². The first kappa shape index (κ1) is 20.4. The molecule has 160 valence electrons. The first-order chi connectivity index (χ1) is 14.8. The summed E-state index contributed by atoms with van der Waals surface area (Å²) in [6.07, 6.45) is 8.34. The number of piperazine rings is 1. The van der Waals surface area contributed by atoms with Gasteiger partial charge in [0.05, 0.1) is 11.0 Å². The molecule has 5 rings (SSSR count). The Labute approximate surface area is 187 Å². The molecule has 1 saturated carbocycles. The van der Waals surface area contributed by atoms with Crippen LogP contribution in [0.15, 0.2) is 52.2 Å². The Kier molecular flexibility index (Phi) is 6.60. The minimum atomic E-state index is 0.618. The van der Waals surface area contributed by atoms with Gasteiger partial charge >= 0.3 is 0 Å². The number of anilines is 1. The summed E-state index contributed by atoms with van der Waals surface area (Å²) >= 11 is 3.26. The van der Waals surface area contributed by atoms with Crippen molar-refractivity contribution in [3.8, 4) is 0 Å². The second-order valence-electron chi connectivity index (χ2n) is 8.49. The minimum Gasteiger partial charge on any atom is -0.457 e. The third-order valence-electron chi connectivity index (χ3n) is 6.55. The Morgan fingerprint density at radius 1 is 1.03 bits per heavy atom. The molecule has 0 bridgehead atoms. The van der Waals surface area contributed by atoms with Gasteiger partial charge in [-0.2, -0.15) is 4.37 Å². The number of hydrogen-bond acceptors (Lipinski definition) is 7. The molecule has 0 spiro atoms. The molecule has 2 aromatic heterocycles. The molecular weight excluding hydrogens is 412 g/mol. The number of nitrogens with zero attached hydrogens (tertiary/aromatic N) is 3. The molecule has 1 saturated heterocycles. The molecule has 1 N–H and O–H groups in total. The van der Waals surface area contributed by atoms with Crippen molar-refractivity contribution in [1.82, 2.24) is 14.0 Å². The van der Waals surface area contributed by atoms with E-state index in [0.29, 0.717) is 6.04 Å². The van der Waals surface area contributed by atoms with Crippen LogP contribution in [0.5, 0.6) is 0 Å². The van der Waals surface area contributed by atoms with Crippen molar-refractivity contribution in [2.45, 2.75) is 43.2 Å². The van der Waals surface area contributed by atoms with E-state index in [0.717, 1.165) is 37.2 Å². The smallest absolute Gasteiger partial charge is 0.174 e. The van der Waals surface area contributed by atoms with Crippen LogP contribution in [0.3, 0.4) is 0 Å². The highest BCUT2D eigenvalue weighted by Crippen LogP contribution is 2.31. The Morgan fingerprint density at radius 3 is 2.67 bits per heavy atom. The monoisotopic (exact) mass is 442 g/mol. The van der Waals surface area contributed by atoms with Crippen LogP contribution in [-0.2, 0) is 0 Å². The molecule has 1 aliphatic heterocycles. The number of aromatic nitrogens is 1. The number of nitrogens with one attached hydrogen (secondary N) is 1. The van der Waals surface area contributed by atoms with Crippen LogP contribution in [0, 0.1) is 5.92 Å². The van der Waals surface area contributed by atoms with Gasteiger partial charge in [0.1, 0.15) is 5.82 Å². The molecule has 30 heavy (non-hydrogen) atoms. The number of fused-ring (bicyclic) bond motifs is 1. The standard InChI is InChI=1S/C23H30N4OS2/c1-2-5-21-20(4-1)23(25-29-21)27-15-13-26(14-16-27)12-11-18-7-9-19(10-8-18)24-30-22-6-3-17-28-22/h1-6,17-19,24H,7-16H2. The van der Waals surface area contributed by atoms with E-state index in [9.17, 15) is 0 Å². The fourth-order valence-electron chi connectivity index (χ4n) is 4.68. The SMILES string of the molecule is c1coc(SNC2CCC(CCN3CCN(c4nsc5ccccc45)CC3)CC2)c1. The highest BCUT2D eigenvalue weighted by atomic mass is 32.2. The number of rotatable bonds is 7. The number of hydrogen-bond donors (Lipinski definition) is 1. The Balaban J connectivity index is 1.02. The second kappa shape index (κ2) is 9.73. The Bertz CT molecular complexity index is 912. The van der Waals surface area contributed by atoms with Crippen LogP contribution in [0.25, 0.3) is 10.1 Å². The normalized spacial score (nSPS) is 23.3. The van der Waals surface area contributed by atoms with Crippen LogP contribution in [0.2, 0.25) is 0 Å². The number of furan rings is 1. The van der Waals surface area contributed by atoms with E-state index >= 15 is 0 Å². The second-order valence-corrected chi connectivity index (χ2v) is 10.1. The maximum absolute atomic E-state index is 5.39. The van der Waals surface area contributed by atoms with Crippen molar-refractivity contribution in [1.29, 1.82) is 0 Å². The fraction of sp³-hybridized carbons (Fsp3) is 0.522. The summed E-state index contributed by atoms with van der Waals surface area (Å²) in [5.74, 6) is 2.07. The lowest BCUT2D eigenvalue weighted by Crippen LogP contribution is -2.47. The van der Waals surface area contributed by atoms with E-state index in [1.165, 1.54) is 54.6 Å². The Morgan fingerprint density at radius 2 is 1.87 bits per heavy atom. The fourth-order valence-corrected chi connectivity index (χ4v) is 6.25. The summed E-state index contributed by atoms with van der Waals surface area (Å²) in [6, 6.07) is 13.2. The molecule has 1 aliphatic carbocycles.